The van der Waals surface area contributed by atoms with Crippen molar-refractivity contribution < 1.29 is 14.2 Å². The van der Waals surface area contributed by atoms with Gasteiger partial charge in [-0.25, -0.2) is 0 Å². The number of ether oxygens (including phenoxy) is 3. The molecule has 1 aliphatic carbocycles. The fourth-order valence-corrected chi connectivity index (χ4v) is 6.63. The molecule has 0 unspecified atom stereocenters. The smallest absolute Gasteiger partial charge is 0.178 e. The Morgan fingerprint density at radius 3 is 1.93 bits per heavy atom. The third-order valence-electron chi connectivity index (χ3n) is 8.72. The van der Waals surface area contributed by atoms with E-state index in [1.54, 1.807) is 0 Å². The van der Waals surface area contributed by atoms with E-state index in [1.807, 2.05) is 0 Å². The fraction of sp³-hybridized carbons (Fsp3) is 0.250. The van der Waals surface area contributed by atoms with Crippen molar-refractivity contribution in [2.45, 2.75) is 52.6 Å². The predicted molar refractivity (Wildman–Crippen MR) is 177 cm³/mol. The Balaban J connectivity index is 1.42. The SMILES string of the molecule is CCCOc1ccc(C2(c3ccc(OCCC)cc3)C=Cc3c4c(c5ccc(C)cc5c3O2)-c2ccc(C)cc2C4)cc1. The fourth-order valence-electron chi connectivity index (χ4n) is 6.63. The van der Waals surface area contributed by atoms with Crippen LogP contribution in [0.5, 0.6) is 17.2 Å². The Hall–Kier alpha value is -4.50. The van der Waals surface area contributed by atoms with E-state index >= 15 is 0 Å². The molecule has 0 atom stereocenters. The van der Waals surface area contributed by atoms with Crippen LogP contribution in [0.4, 0.5) is 0 Å². The van der Waals surface area contributed by atoms with Crippen LogP contribution in [-0.4, -0.2) is 13.2 Å². The van der Waals surface area contributed by atoms with Gasteiger partial charge < -0.3 is 14.2 Å². The Bertz CT molecular complexity index is 1790. The van der Waals surface area contributed by atoms with E-state index in [1.165, 1.54) is 44.3 Å². The van der Waals surface area contributed by atoms with Gasteiger partial charge in [-0.3, -0.25) is 0 Å². The van der Waals surface area contributed by atoms with Crippen LogP contribution in [0, 0.1) is 13.8 Å². The third-order valence-corrected chi connectivity index (χ3v) is 8.72. The Morgan fingerprint density at radius 2 is 1.30 bits per heavy atom. The molecule has 1 heterocycles. The molecule has 43 heavy (non-hydrogen) atoms. The molecule has 0 N–H and O–H groups in total. The zero-order valence-corrected chi connectivity index (χ0v) is 25.5. The van der Waals surface area contributed by atoms with Gasteiger partial charge in [-0.1, -0.05) is 85.6 Å². The number of fused-ring (bicyclic) bond motifs is 8. The summed E-state index contributed by atoms with van der Waals surface area (Å²) in [7, 11) is 0. The maximum Gasteiger partial charge on any atom is 0.178 e. The predicted octanol–water partition coefficient (Wildman–Crippen LogP) is 9.95. The normalized spacial score (nSPS) is 14.1. The monoisotopic (exact) mass is 566 g/mol. The summed E-state index contributed by atoms with van der Waals surface area (Å²) in [5.74, 6) is 2.69. The highest BCUT2D eigenvalue weighted by Gasteiger charge is 2.40. The summed E-state index contributed by atoms with van der Waals surface area (Å²) in [4.78, 5) is 0. The first-order valence-corrected chi connectivity index (χ1v) is 15.5. The summed E-state index contributed by atoms with van der Waals surface area (Å²) in [6.07, 6.45) is 7.41. The molecular weight excluding hydrogens is 528 g/mol. The Labute approximate surface area is 254 Å². The number of hydrogen-bond acceptors (Lipinski definition) is 3. The van der Waals surface area contributed by atoms with Crippen molar-refractivity contribution in [3.05, 3.63) is 130 Å². The Morgan fingerprint density at radius 1 is 0.698 bits per heavy atom. The van der Waals surface area contributed by atoms with Crippen molar-refractivity contribution in [2.75, 3.05) is 13.2 Å². The van der Waals surface area contributed by atoms with Crippen molar-refractivity contribution in [2.24, 2.45) is 0 Å². The molecule has 7 rings (SSSR count). The highest BCUT2D eigenvalue weighted by Crippen LogP contribution is 2.53. The van der Waals surface area contributed by atoms with Gasteiger partial charge in [0.25, 0.3) is 0 Å². The molecule has 0 spiro atoms. The first kappa shape index (κ1) is 27.3. The van der Waals surface area contributed by atoms with Gasteiger partial charge in [-0.05, 0) is 97.2 Å². The van der Waals surface area contributed by atoms with Crippen molar-refractivity contribution in [1.29, 1.82) is 0 Å². The molecule has 0 saturated carbocycles. The molecule has 0 amide bonds. The standard InChI is InChI=1S/C40H38O3/c1-5-21-41-31-13-9-29(10-14-31)40(30-11-15-32(16-12-30)42-22-6-2)20-19-35-36-25-28-23-26(3)7-17-33(28)38(36)34-18-8-27(4)24-37(34)39(35)43-40/h7-20,23-24H,5-6,21-22,25H2,1-4H3. The maximum atomic E-state index is 7.38. The van der Waals surface area contributed by atoms with E-state index in [9.17, 15) is 0 Å². The van der Waals surface area contributed by atoms with Gasteiger partial charge in [-0.2, -0.15) is 0 Å². The second-order valence-electron chi connectivity index (χ2n) is 11.9. The lowest BCUT2D eigenvalue weighted by atomic mass is 9.81. The van der Waals surface area contributed by atoms with Crippen molar-refractivity contribution in [3.63, 3.8) is 0 Å². The van der Waals surface area contributed by atoms with Crippen LogP contribution in [0.1, 0.15) is 65.6 Å². The van der Waals surface area contributed by atoms with E-state index < -0.39 is 5.60 Å². The van der Waals surface area contributed by atoms with Crippen LogP contribution in [0.3, 0.4) is 0 Å². The number of hydrogen-bond donors (Lipinski definition) is 0. The largest absolute Gasteiger partial charge is 0.494 e. The number of rotatable bonds is 8. The molecule has 0 bridgehead atoms. The van der Waals surface area contributed by atoms with Gasteiger partial charge in [0.05, 0.1) is 13.2 Å². The minimum absolute atomic E-state index is 0.700. The van der Waals surface area contributed by atoms with Gasteiger partial charge in [0, 0.05) is 22.1 Å². The molecule has 0 aromatic heterocycles. The molecule has 0 radical (unpaired) electrons. The number of aryl methyl sites for hydroxylation is 2. The zero-order valence-electron chi connectivity index (χ0n) is 25.5. The lowest BCUT2D eigenvalue weighted by Gasteiger charge is -2.37. The van der Waals surface area contributed by atoms with Crippen LogP contribution in [0.2, 0.25) is 0 Å². The molecule has 0 fully saturated rings. The molecular formula is C40H38O3. The van der Waals surface area contributed by atoms with Crippen molar-refractivity contribution in [3.8, 4) is 28.4 Å². The molecule has 0 saturated heterocycles. The summed E-state index contributed by atoms with van der Waals surface area (Å²) in [5.41, 5.74) is 10.4. The summed E-state index contributed by atoms with van der Waals surface area (Å²) in [6.45, 7) is 9.98. The average molecular weight is 567 g/mol. The quantitative estimate of drug-likeness (QED) is 0.183. The third kappa shape index (κ3) is 4.68. The highest BCUT2D eigenvalue weighted by atomic mass is 16.5. The van der Waals surface area contributed by atoms with Crippen LogP contribution in [-0.2, 0) is 12.0 Å². The minimum atomic E-state index is -0.813. The summed E-state index contributed by atoms with van der Waals surface area (Å²) >= 11 is 0. The minimum Gasteiger partial charge on any atom is -0.494 e. The van der Waals surface area contributed by atoms with E-state index in [-0.39, 0.29) is 0 Å². The second-order valence-corrected chi connectivity index (χ2v) is 11.9. The van der Waals surface area contributed by atoms with Crippen LogP contribution in [0.15, 0.2) is 91.0 Å². The van der Waals surface area contributed by atoms with E-state index in [2.05, 4.69) is 125 Å². The maximum absolute atomic E-state index is 7.38. The van der Waals surface area contributed by atoms with E-state index in [0.717, 1.165) is 53.0 Å². The molecule has 2 aliphatic rings. The van der Waals surface area contributed by atoms with Gasteiger partial charge in [0.2, 0.25) is 0 Å². The zero-order chi connectivity index (χ0) is 29.6. The van der Waals surface area contributed by atoms with Gasteiger partial charge in [0.1, 0.15) is 17.2 Å². The van der Waals surface area contributed by atoms with Crippen LogP contribution in [0.25, 0.3) is 28.0 Å². The molecule has 5 aromatic carbocycles. The first-order chi connectivity index (χ1) is 21.0. The molecule has 3 nitrogen and oxygen atoms in total. The highest BCUT2D eigenvalue weighted by molar-refractivity contribution is 6.07. The lowest BCUT2D eigenvalue weighted by Crippen LogP contribution is -2.34. The van der Waals surface area contributed by atoms with Gasteiger partial charge in [0.15, 0.2) is 5.60 Å². The van der Waals surface area contributed by atoms with Gasteiger partial charge in [-0.15, -0.1) is 0 Å². The lowest BCUT2D eigenvalue weighted by molar-refractivity contribution is 0.163. The topological polar surface area (TPSA) is 27.7 Å². The summed E-state index contributed by atoms with van der Waals surface area (Å²) < 4.78 is 19.2. The Kier molecular flexibility index (Phi) is 6.97. The molecule has 3 heteroatoms. The molecule has 216 valence electrons. The first-order valence-electron chi connectivity index (χ1n) is 15.5. The van der Waals surface area contributed by atoms with E-state index in [0.29, 0.717) is 13.2 Å². The van der Waals surface area contributed by atoms with E-state index in [4.69, 9.17) is 14.2 Å². The van der Waals surface area contributed by atoms with Crippen molar-refractivity contribution >= 4 is 16.8 Å². The summed E-state index contributed by atoms with van der Waals surface area (Å²) in [6, 6.07) is 30.4. The number of benzene rings is 5. The van der Waals surface area contributed by atoms with Gasteiger partial charge >= 0.3 is 0 Å². The van der Waals surface area contributed by atoms with Crippen molar-refractivity contribution in [1.82, 2.24) is 0 Å². The second kappa shape index (κ2) is 11.0. The van der Waals surface area contributed by atoms with Crippen LogP contribution >= 0.6 is 0 Å². The molecule has 1 aliphatic heterocycles. The average Bonchev–Trinajstić information content (AvgIpc) is 3.41. The molecule has 5 aromatic rings. The van der Waals surface area contributed by atoms with Crippen LogP contribution < -0.4 is 14.2 Å². The summed E-state index contributed by atoms with van der Waals surface area (Å²) in [5, 5.41) is 2.40.